The van der Waals surface area contributed by atoms with Gasteiger partial charge in [0.05, 0.1) is 12.7 Å². The number of methoxy groups -OCH3 is 1. The number of hydrogen-bond donors (Lipinski definition) is 2. The minimum absolute atomic E-state index is 0.269. The highest BCUT2D eigenvalue weighted by Gasteiger charge is 2.17. The molecule has 5 heteroatoms. The number of nitrogens with one attached hydrogen (secondary N) is 1. The standard InChI is InChI=1S/C12H12N2O3/c1-6-3-9-7(4-10(6)17-2)8(5-14-9)11(15)12(13)16/h3-5,14H,1-2H3,(H2,13,16). The molecule has 88 valence electrons. The molecule has 2 rings (SSSR count). The van der Waals surface area contributed by atoms with E-state index in [0.717, 1.165) is 11.1 Å². The van der Waals surface area contributed by atoms with Gasteiger partial charge in [-0.25, -0.2) is 0 Å². The summed E-state index contributed by atoms with van der Waals surface area (Å²) < 4.78 is 5.18. The Morgan fingerprint density at radius 2 is 2.06 bits per heavy atom. The molecule has 1 aromatic carbocycles. The minimum Gasteiger partial charge on any atom is -0.496 e. The van der Waals surface area contributed by atoms with Crippen molar-refractivity contribution in [3.8, 4) is 5.75 Å². The zero-order chi connectivity index (χ0) is 12.6. The monoisotopic (exact) mass is 232 g/mol. The quantitative estimate of drug-likeness (QED) is 0.615. The van der Waals surface area contributed by atoms with E-state index >= 15 is 0 Å². The van der Waals surface area contributed by atoms with E-state index < -0.39 is 11.7 Å². The molecule has 0 aliphatic carbocycles. The average Bonchev–Trinajstić information content (AvgIpc) is 2.69. The predicted molar refractivity (Wildman–Crippen MR) is 63.1 cm³/mol. The van der Waals surface area contributed by atoms with Gasteiger partial charge in [0.1, 0.15) is 5.75 Å². The summed E-state index contributed by atoms with van der Waals surface area (Å²) in [6, 6.07) is 3.57. The maximum Gasteiger partial charge on any atom is 0.289 e. The Kier molecular flexibility index (Phi) is 2.59. The lowest BCUT2D eigenvalue weighted by Crippen LogP contribution is -2.22. The highest BCUT2D eigenvalue weighted by Crippen LogP contribution is 2.27. The first kappa shape index (κ1) is 11.2. The summed E-state index contributed by atoms with van der Waals surface area (Å²) in [7, 11) is 1.55. The summed E-state index contributed by atoms with van der Waals surface area (Å²) in [5.41, 5.74) is 6.97. The molecule has 0 radical (unpaired) electrons. The van der Waals surface area contributed by atoms with Crippen molar-refractivity contribution < 1.29 is 14.3 Å². The van der Waals surface area contributed by atoms with Crippen LogP contribution < -0.4 is 10.5 Å². The van der Waals surface area contributed by atoms with Gasteiger partial charge in [-0.15, -0.1) is 0 Å². The first-order valence-corrected chi connectivity index (χ1v) is 5.04. The van der Waals surface area contributed by atoms with Crippen LogP contribution in [0.4, 0.5) is 0 Å². The number of aryl methyl sites for hydroxylation is 1. The largest absolute Gasteiger partial charge is 0.496 e. The van der Waals surface area contributed by atoms with Crippen LogP contribution in [-0.4, -0.2) is 23.8 Å². The van der Waals surface area contributed by atoms with Crippen molar-refractivity contribution in [2.45, 2.75) is 6.92 Å². The molecule has 1 heterocycles. The number of ether oxygens (including phenoxy) is 1. The molecule has 0 aliphatic heterocycles. The number of carbonyl (C=O) groups excluding carboxylic acids is 2. The summed E-state index contributed by atoms with van der Waals surface area (Å²) in [6.07, 6.45) is 1.48. The fourth-order valence-corrected chi connectivity index (χ4v) is 1.80. The summed E-state index contributed by atoms with van der Waals surface area (Å²) in [5, 5.41) is 0.635. The molecule has 3 N–H and O–H groups in total. The first-order chi connectivity index (χ1) is 8.04. The van der Waals surface area contributed by atoms with Crippen LogP contribution in [0, 0.1) is 6.92 Å². The molecule has 0 fully saturated rings. The van der Waals surface area contributed by atoms with Crippen molar-refractivity contribution in [1.29, 1.82) is 0 Å². The highest BCUT2D eigenvalue weighted by molar-refractivity contribution is 6.44. The number of benzene rings is 1. The average molecular weight is 232 g/mol. The Labute approximate surface area is 97.6 Å². The smallest absolute Gasteiger partial charge is 0.289 e. The third-order valence-electron chi connectivity index (χ3n) is 2.67. The first-order valence-electron chi connectivity index (χ1n) is 5.04. The SMILES string of the molecule is COc1cc2c(C(=O)C(N)=O)c[nH]c2cc1C. The molecule has 0 saturated heterocycles. The van der Waals surface area contributed by atoms with E-state index in [1.807, 2.05) is 13.0 Å². The third-order valence-corrected chi connectivity index (χ3v) is 2.67. The Balaban J connectivity index is 2.67. The van der Waals surface area contributed by atoms with E-state index in [1.165, 1.54) is 6.20 Å². The van der Waals surface area contributed by atoms with Gasteiger partial charge < -0.3 is 15.5 Å². The van der Waals surface area contributed by atoms with Crippen LogP contribution in [-0.2, 0) is 4.79 Å². The maximum atomic E-state index is 11.6. The van der Waals surface area contributed by atoms with Crippen LogP contribution >= 0.6 is 0 Å². The number of rotatable bonds is 3. The Morgan fingerprint density at radius 3 is 2.65 bits per heavy atom. The van der Waals surface area contributed by atoms with Crippen molar-refractivity contribution in [2.75, 3.05) is 7.11 Å². The molecule has 0 bridgehead atoms. The van der Waals surface area contributed by atoms with Crippen LogP contribution in [0.25, 0.3) is 10.9 Å². The molecule has 1 amide bonds. The van der Waals surface area contributed by atoms with E-state index in [9.17, 15) is 9.59 Å². The second-order valence-corrected chi connectivity index (χ2v) is 3.76. The second-order valence-electron chi connectivity index (χ2n) is 3.76. The fourth-order valence-electron chi connectivity index (χ4n) is 1.80. The Hall–Kier alpha value is -2.30. The molecule has 0 aliphatic rings. The number of H-pyrrole nitrogens is 1. The highest BCUT2D eigenvalue weighted by atomic mass is 16.5. The molecular formula is C12H12N2O3. The van der Waals surface area contributed by atoms with E-state index in [4.69, 9.17) is 10.5 Å². The van der Waals surface area contributed by atoms with Crippen LogP contribution in [0.1, 0.15) is 15.9 Å². The molecule has 2 aromatic rings. The van der Waals surface area contributed by atoms with Gasteiger partial charge in [-0.05, 0) is 24.6 Å². The van der Waals surface area contributed by atoms with Crippen molar-refractivity contribution in [3.63, 3.8) is 0 Å². The number of amides is 1. The Bertz CT molecular complexity index is 613. The molecule has 1 aromatic heterocycles. The van der Waals surface area contributed by atoms with Gasteiger partial charge >= 0.3 is 0 Å². The normalized spacial score (nSPS) is 10.5. The lowest BCUT2D eigenvalue weighted by Gasteiger charge is -2.04. The number of aromatic nitrogens is 1. The molecule has 0 spiro atoms. The second kappa shape index (κ2) is 3.93. The molecule has 0 unspecified atom stereocenters. The molecule has 0 atom stereocenters. The van der Waals surface area contributed by atoms with Gasteiger partial charge in [0.2, 0.25) is 0 Å². The zero-order valence-corrected chi connectivity index (χ0v) is 9.53. The van der Waals surface area contributed by atoms with E-state index in [-0.39, 0.29) is 5.56 Å². The van der Waals surface area contributed by atoms with E-state index in [2.05, 4.69) is 4.98 Å². The molecule has 0 saturated carbocycles. The van der Waals surface area contributed by atoms with Crippen molar-refractivity contribution >= 4 is 22.6 Å². The van der Waals surface area contributed by atoms with Gasteiger partial charge in [0.25, 0.3) is 11.7 Å². The van der Waals surface area contributed by atoms with Crippen molar-refractivity contribution in [2.24, 2.45) is 5.73 Å². The van der Waals surface area contributed by atoms with Crippen molar-refractivity contribution in [1.82, 2.24) is 4.98 Å². The summed E-state index contributed by atoms with van der Waals surface area (Å²) in [6.45, 7) is 1.90. The number of nitrogens with two attached hydrogens (primary N) is 1. The van der Waals surface area contributed by atoms with E-state index in [0.29, 0.717) is 11.1 Å². The van der Waals surface area contributed by atoms with E-state index in [1.54, 1.807) is 13.2 Å². The number of fused-ring (bicyclic) bond motifs is 1. The summed E-state index contributed by atoms with van der Waals surface area (Å²) in [4.78, 5) is 25.4. The van der Waals surface area contributed by atoms with Gasteiger partial charge in [0.15, 0.2) is 0 Å². The number of hydrogen-bond acceptors (Lipinski definition) is 3. The number of primary amides is 1. The Morgan fingerprint density at radius 1 is 1.35 bits per heavy atom. The number of carbonyl (C=O) groups is 2. The van der Waals surface area contributed by atoms with Crippen LogP contribution in [0.15, 0.2) is 18.3 Å². The van der Waals surface area contributed by atoms with Crippen LogP contribution in [0.2, 0.25) is 0 Å². The summed E-state index contributed by atoms with van der Waals surface area (Å²) >= 11 is 0. The van der Waals surface area contributed by atoms with Gasteiger partial charge in [-0.2, -0.15) is 0 Å². The number of Topliss-reactive ketones (excluding diaryl/α,β-unsaturated/α-hetero) is 1. The van der Waals surface area contributed by atoms with Crippen molar-refractivity contribution in [3.05, 3.63) is 29.5 Å². The van der Waals surface area contributed by atoms with Gasteiger partial charge in [-0.3, -0.25) is 9.59 Å². The predicted octanol–water partition coefficient (Wildman–Crippen LogP) is 1.15. The van der Waals surface area contributed by atoms with Gasteiger partial charge in [0, 0.05) is 17.1 Å². The topological polar surface area (TPSA) is 85.2 Å². The number of aromatic amines is 1. The third kappa shape index (κ3) is 1.75. The minimum atomic E-state index is -0.967. The molecule has 5 nitrogen and oxygen atoms in total. The van der Waals surface area contributed by atoms with Crippen LogP contribution in [0.5, 0.6) is 5.75 Å². The summed E-state index contributed by atoms with van der Waals surface area (Å²) in [5.74, 6) is -1.01. The fraction of sp³-hybridized carbons (Fsp3) is 0.167. The van der Waals surface area contributed by atoms with Crippen LogP contribution in [0.3, 0.4) is 0 Å². The lowest BCUT2D eigenvalue weighted by atomic mass is 10.1. The zero-order valence-electron chi connectivity index (χ0n) is 9.53. The maximum absolute atomic E-state index is 11.6. The molecule has 17 heavy (non-hydrogen) atoms. The number of ketones is 1. The molecular weight excluding hydrogens is 220 g/mol. The lowest BCUT2D eigenvalue weighted by molar-refractivity contribution is -0.114. The van der Waals surface area contributed by atoms with Gasteiger partial charge in [-0.1, -0.05) is 0 Å².